The summed E-state index contributed by atoms with van der Waals surface area (Å²) in [6.07, 6.45) is 2.69. The summed E-state index contributed by atoms with van der Waals surface area (Å²) in [7, 11) is 1.37. The number of hydrogen-bond donors (Lipinski definition) is 0. The molecule has 1 rings (SSSR count). The summed E-state index contributed by atoms with van der Waals surface area (Å²) >= 11 is 0. The zero-order valence-electron chi connectivity index (χ0n) is 9.66. The van der Waals surface area contributed by atoms with Gasteiger partial charge in [-0.3, -0.25) is 4.79 Å². The fourth-order valence-electron chi connectivity index (χ4n) is 1.91. The van der Waals surface area contributed by atoms with E-state index in [-0.39, 0.29) is 23.8 Å². The highest BCUT2D eigenvalue weighted by Gasteiger charge is 2.33. The van der Waals surface area contributed by atoms with Crippen molar-refractivity contribution in [1.82, 2.24) is 4.90 Å². The van der Waals surface area contributed by atoms with Gasteiger partial charge in [-0.05, 0) is 19.3 Å². The van der Waals surface area contributed by atoms with E-state index >= 15 is 0 Å². The zero-order chi connectivity index (χ0) is 11.4. The van der Waals surface area contributed by atoms with Gasteiger partial charge in [0.2, 0.25) is 5.91 Å². The van der Waals surface area contributed by atoms with E-state index in [1.54, 1.807) is 4.90 Å². The van der Waals surface area contributed by atoms with E-state index in [0.29, 0.717) is 6.54 Å². The Morgan fingerprint density at radius 3 is 2.53 bits per heavy atom. The van der Waals surface area contributed by atoms with Gasteiger partial charge in [0, 0.05) is 12.5 Å². The Morgan fingerprint density at radius 2 is 2.00 bits per heavy atom. The van der Waals surface area contributed by atoms with Crippen LogP contribution in [0.4, 0.5) is 0 Å². The lowest BCUT2D eigenvalue weighted by molar-refractivity contribution is -0.155. The van der Waals surface area contributed by atoms with Crippen LogP contribution < -0.4 is 0 Å². The molecule has 0 radical (unpaired) electrons. The minimum Gasteiger partial charge on any atom is -0.467 e. The predicted molar refractivity (Wildman–Crippen MR) is 56.2 cm³/mol. The predicted octanol–water partition coefficient (Wildman–Crippen LogP) is 1.20. The van der Waals surface area contributed by atoms with Gasteiger partial charge in [-0.25, -0.2) is 4.79 Å². The Morgan fingerprint density at radius 1 is 1.33 bits per heavy atom. The van der Waals surface area contributed by atoms with Crippen molar-refractivity contribution in [1.29, 1.82) is 0 Å². The monoisotopic (exact) mass is 213 g/mol. The third-order valence-corrected chi connectivity index (χ3v) is 2.75. The fourth-order valence-corrected chi connectivity index (χ4v) is 1.91. The maximum atomic E-state index is 11.8. The standard InChI is InChI=1S/C11H19NO3/c1-8(2)10(13)12-7-5-4-6-9(12)11(14)15-3/h8-9H,4-7H2,1-3H3. The molecule has 1 saturated heterocycles. The van der Waals surface area contributed by atoms with E-state index in [4.69, 9.17) is 4.74 Å². The fraction of sp³-hybridized carbons (Fsp3) is 0.818. The largest absolute Gasteiger partial charge is 0.467 e. The average molecular weight is 213 g/mol. The number of piperidine rings is 1. The van der Waals surface area contributed by atoms with Crippen LogP contribution in [-0.2, 0) is 14.3 Å². The minimum atomic E-state index is -0.362. The zero-order valence-corrected chi connectivity index (χ0v) is 9.66. The van der Waals surface area contributed by atoms with Crippen molar-refractivity contribution in [3.63, 3.8) is 0 Å². The molecule has 0 aliphatic carbocycles. The van der Waals surface area contributed by atoms with Crippen LogP contribution in [0.3, 0.4) is 0 Å². The molecule has 0 saturated carbocycles. The Bertz CT molecular complexity index is 250. The number of ether oxygens (including phenoxy) is 1. The topological polar surface area (TPSA) is 46.6 Å². The second-order valence-corrected chi connectivity index (χ2v) is 4.22. The Kier molecular flexibility index (Phi) is 4.12. The highest BCUT2D eigenvalue weighted by atomic mass is 16.5. The van der Waals surface area contributed by atoms with Gasteiger partial charge < -0.3 is 9.64 Å². The van der Waals surface area contributed by atoms with E-state index in [0.717, 1.165) is 19.3 Å². The first kappa shape index (κ1) is 12.0. The maximum absolute atomic E-state index is 11.8. The van der Waals surface area contributed by atoms with Gasteiger partial charge in [0.15, 0.2) is 0 Å². The van der Waals surface area contributed by atoms with E-state index < -0.39 is 0 Å². The SMILES string of the molecule is COC(=O)C1CCCCN1C(=O)C(C)C. The smallest absolute Gasteiger partial charge is 0.328 e. The molecule has 4 nitrogen and oxygen atoms in total. The Balaban J connectivity index is 2.73. The van der Waals surface area contributed by atoms with Crippen LogP contribution >= 0.6 is 0 Å². The molecule has 0 aromatic carbocycles. The molecule has 1 amide bonds. The van der Waals surface area contributed by atoms with Crippen molar-refractivity contribution in [2.24, 2.45) is 5.92 Å². The Hall–Kier alpha value is -1.06. The molecule has 1 fully saturated rings. The molecule has 1 unspecified atom stereocenters. The van der Waals surface area contributed by atoms with Crippen molar-refractivity contribution in [3.05, 3.63) is 0 Å². The van der Waals surface area contributed by atoms with Crippen molar-refractivity contribution >= 4 is 11.9 Å². The highest BCUT2D eigenvalue weighted by molar-refractivity contribution is 5.85. The van der Waals surface area contributed by atoms with Gasteiger partial charge in [-0.15, -0.1) is 0 Å². The normalized spacial score (nSPS) is 21.6. The number of likely N-dealkylation sites (tertiary alicyclic amines) is 1. The number of carbonyl (C=O) groups is 2. The lowest BCUT2D eigenvalue weighted by Gasteiger charge is -2.34. The van der Waals surface area contributed by atoms with Crippen LogP contribution in [0.2, 0.25) is 0 Å². The van der Waals surface area contributed by atoms with Crippen LogP contribution in [0.15, 0.2) is 0 Å². The van der Waals surface area contributed by atoms with Gasteiger partial charge in [-0.2, -0.15) is 0 Å². The summed E-state index contributed by atoms with van der Waals surface area (Å²) < 4.78 is 4.72. The number of nitrogens with zero attached hydrogens (tertiary/aromatic N) is 1. The Labute approximate surface area is 90.6 Å². The molecule has 0 spiro atoms. The second kappa shape index (κ2) is 5.14. The summed E-state index contributed by atoms with van der Waals surface area (Å²) in [6.45, 7) is 4.38. The molecule has 0 N–H and O–H groups in total. The van der Waals surface area contributed by atoms with Crippen LogP contribution in [0.5, 0.6) is 0 Å². The van der Waals surface area contributed by atoms with Gasteiger partial charge in [0.1, 0.15) is 6.04 Å². The molecule has 0 aromatic heterocycles. The molecule has 4 heteroatoms. The van der Waals surface area contributed by atoms with E-state index in [9.17, 15) is 9.59 Å². The van der Waals surface area contributed by atoms with Gasteiger partial charge in [0.05, 0.1) is 7.11 Å². The van der Waals surface area contributed by atoms with Crippen LogP contribution in [0.1, 0.15) is 33.1 Å². The van der Waals surface area contributed by atoms with Crippen LogP contribution in [-0.4, -0.2) is 36.5 Å². The molecule has 1 aliphatic heterocycles. The van der Waals surface area contributed by atoms with Crippen LogP contribution in [0, 0.1) is 5.92 Å². The van der Waals surface area contributed by atoms with E-state index in [1.807, 2.05) is 13.8 Å². The number of methoxy groups -OCH3 is 1. The third kappa shape index (κ3) is 2.70. The second-order valence-electron chi connectivity index (χ2n) is 4.22. The summed E-state index contributed by atoms with van der Waals surface area (Å²) in [6, 6.07) is -0.362. The van der Waals surface area contributed by atoms with Crippen molar-refractivity contribution < 1.29 is 14.3 Å². The first-order valence-corrected chi connectivity index (χ1v) is 5.46. The molecule has 0 bridgehead atoms. The lowest BCUT2D eigenvalue weighted by atomic mass is 10.00. The number of carbonyl (C=O) groups excluding carboxylic acids is 2. The van der Waals surface area contributed by atoms with E-state index in [1.165, 1.54) is 7.11 Å². The summed E-state index contributed by atoms with van der Waals surface area (Å²) in [5, 5.41) is 0. The van der Waals surface area contributed by atoms with Crippen molar-refractivity contribution in [3.8, 4) is 0 Å². The quantitative estimate of drug-likeness (QED) is 0.647. The first-order valence-electron chi connectivity index (χ1n) is 5.46. The van der Waals surface area contributed by atoms with Crippen molar-refractivity contribution in [2.45, 2.75) is 39.2 Å². The molecular weight excluding hydrogens is 194 g/mol. The maximum Gasteiger partial charge on any atom is 0.328 e. The average Bonchev–Trinajstić information content (AvgIpc) is 2.27. The number of rotatable bonds is 2. The highest BCUT2D eigenvalue weighted by Crippen LogP contribution is 2.20. The number of amides is 1. The number of hydrogen-bond acceptors (Lipinski definition) is 3. The summed E-state index contributed by atoms with van der Waals surface area (Å²) in [5.41, 5.74) is 0. The lowest BCUT2D eigenvalue weighted by Crippen LogP contribution is -2.49. The van der Waals surface area contributed by atoms with Crippen LogP contribution in [0.25, 0.3) is 0 Å². The number of esters is 1. The molecule has 1 aliphatic rings. The molecular formula is C11H19NO3. The summed E-state index contributed by atoms with van der Waals surface area (Å²) in [4.78, 5) is 25.0. The molecule has 1 atom stereocenters. The third-order valence-electron chi connectivity index (χ3n) is 2.75. The van der Waals surface area contributed by atoms with Gasteiger partial charge in [0.25, 0.3) is 0 Å². The summed E-state index contributed by atoms with van der Waals surface area (Å²) in [5.74, 6) is -0.302. The minimum absolute atomic E-state index is 0.0464. The molecule has 0 aromatic rings. The van der Waals surface area contributed by atoms with Gasteiger partial charge in [-0.1, -0.05) is 13.8 Å². The van der Waals surface area contributed by atoms with Crippen molar-refractivity contribution in [2.75, 3.05) is 13.7 Å². The first-order chi connectivity index (χ1) is 7.07. The molecule has 1 heterocycles. The van der Waals surface area contributed by atoms with Gasteiger partial charge >= 0.3 is 5.97 Å². The molecule has 86 valence electrons. The molecule has 15 heavy (non-hydrogen) atoms. The van der Waals surface area contributed by atoms with E-state index in [2.05, 4.69) is 0 Å².